The maximum Gasteiger partial charge on any atom is 0.340 e. The summed E-state index contributed by atoms with van der Waals surface area (Å²) in [6, 6.07) is 1.44. The smallest absolute Gasteiger partial charge is 0.340 e. The molecule has 0 bridgehead atoms. The quantitative estimate of drug-likeness (QED) is 0.644. The highest BCUT2D eigenvalue weighted by Crippen LogP contribution is 2.20. The Balaban J connectivity index is 3.33. The molecular formula is C9H9BrN2O3. The summed E-state index contributed by atoms with van der Waals surface area (Å²) in [5, 5.41) is 0. The van der Waals surface area contributed by atoms with E-state index < -0.39 is 11.9 Å². The number of pyridine rings is 1. The standard InChI is InChI=1S/C9H9BrN2O3/c1-4-3-5(8(11)13)12-7(10)6(4)9(14)15-2/h3H,1-2H3,(H2,11,13). The first-order chi connectivity index (χ1) is 6.97. The van der Waals surface area contributed by atoms with Gasteiger partial charge < -0.3 is 10.5 Å². The van der Waals surface area contributed by atoms with Gasteiger partial charge in [0.05, 0.1) is 12.7 Å². The summed E-state index contributed by atoms with van der Waals surface area (Å²) < 4.78 is 4.83. The maximum absolute atomic E-state index is 11.3. The number of nitrogens with two attached hydrogens (primary N) is 1. The van der Waals surface area contributed by atoms with Crippen LogP contribution in [0.3, 0.4) is 0 Å². The van der Waals surface area contributed by atoms with Crippen LogP contribution in [0, 0.1) is 6.92 Å². The molecule has 1 aromatic rings. The predicted molar refractivity (Wildman–Crippen MR) is 56.5 cm³/mol. The summed E-state index contributed by atoms with van der Waals surface area (Å²) in [5.74, 6) is -1.15. The first-order valence-electron chi connectivity index (χ1n) is 4.02. The fourth-order valence-corrected chi connectivity index (χ4v) is 1.77. The van der Waals surface area contributed by atoms with Crippen LogP contribution in [0.5, 0.6) is 0 Å². The van der Waals surface area contributed by atoms with Crippen molar-refractivity contribution in [3.05, 3.63) is 27.5 Å². The molecular weight excluding hydrogens is 264 g/mol. The van der Waals surface area contributed by atoms with E-state index in [-0.39, 0.29) is 10.3 Å². The summed E-state index contributed by atoms with van der Waals surface area (Å²) >= 11 is 3.09. The molecule has 0 saturated carbocycles. The highest BCUT2D eigenvalue weighted by atomic mass is 79.9. The number of hydrogen-bond donors (Lipinski definition) is 1. The van der Waals surface area contributed by atoms with Gasteiger partial charge in [0.15, 0.2) is 0 Å². The Bertz CT molecular complexity index is 408. The van der Waals surface area contributed by atoms with Crippen LogP contribution in [0.4, 0.5) is 0 Å². The van der Waals surface area contributed by atoms with Gasteiger partial charge in [-0.25, -0.2) is 9.78 Å². The fraction of sp³-hybridized carbons (Fsp3) is 0.222. The molecule has 0 aliphatic heterocycles. The van der Waals surface area contributed by atoms with Gasteiger partial charge in [-0.15, -0.1) is 0 Å². The average Bonchev–Trinajstić information content (AvgIpc) is 2.16. The summed E-state index contributed by atoms with van der Waals surface area (Å²) in [4.78, 5) is 26.1. The molecule has 0 aromatic carbocycles. The van der Waals surface area contributed by atoms with E-state index in [0.717, 1.165) is 0 Å². The third-order valence-electron chi connectivity index (χ3n) is 1.81. The Morgan fingerprint density at radius 3 is 2.53 bits per heavy atom. The van der Waals surface area contributed by atoms with Gasteiger partial charge in [0.2, 0.25) is 0 Å². The van der Waals surface area contributed by atoms with Gasteiger partial charge in [0.25, 0.3) is 5.91 Å². The normalized spacial score (nSPS) is 9.80. The SMILES string of the molecule is COC(=O)c1c(C)cc(C(N)=O)nc1Br. The lowest BCUT2D eigenvalue weighted by atomic mass is 10.1. The molecule has 1 rings (SSSR count). The van der Waals surface area contributed by atoms with E-state index in [1.54, 1.807) is 6.92 Å². The Morgan fingerprint density at radius 1 is 1.53 bits per heavy atom. The summed E-state index contributed by atoms with van der Waals surface area (Å²) in [7, 11) is 1.27. The van der Waals surface area contributed by atoms with Crippen molar-refractivity contribution >= 4 is 27.8 Å². The number of halogens is 1. The minimum absolute atomic E-state index is 0.104. The summed E-state index contributed by atoms with van der Waals surface area (Å²) in [6.45, 7) is 1.67. The minimum Gasteiger partial charge on any atom is -0.465 e. The van der Waals surface area contributed by atoms with Crippen molar-refractivity contribution < 1.29 is 14.3 Å². The Hall–Kier alpha value is -1.43. The summed E-state index contributed by atoms with van der Waals surface area (Å²) in [6.07, 6.45) is 0. The van der Waals surface area contributed by atoms with Gasteiger partial charge in [-0.1, -0.05) is 0 Å². The van der Waals surface area contributed by atoms with E-state index in [0.29, 0.717) is 11.1 Å². The second kappa shape index (κ2) is 4.39. The molecule has 0 fully saturated rings. The molecule has 0 unspecified atom stereocenters. The monoisotopic (exact) mass is 272 g/mol. The number of hydrogen-bond acceptors (Lipinski definition) is 4. The molecule has 6 heteroatoms. The maximum atomic E-state index is 11.3. The fourth-order valence-electron chi connectivity index (χ4n) is 1.11. The number of amides is 1. The molecule has 2 N–H and O–H groups in total. The number of aryl methyl sites for hydroxylation is 1. The van der Waals surface area contributed by atoms with Crippen molar-refractivity contribution in [3.63, 3.8) is 0 Å². The zero-order chi connectivity index (χ0) is 11.6. The largest absolute Gasteiger partial charge is 0.465 e. The van der Waals surface area contributed by atoms with Crippen molar-refractivity contribution in [2.75, 3.05) is 7.11 Å². The van der Waals surface area contributed by atoms with Crippen LogP contribution in [-0.2, 0) is 4.74 Å². The van der Waals surface area contributed by atoms with E-state index in [4.69, 9.17) is 5.73 Å². The van der Waals surface area contributed by atoms with Gasteiger partial charge in [0, 0.05) is 0 Å². The van der Waals surface area contributed by atoms with E-state index in [2.05, 4.69) is 25.7 Å². The molecule has 80 valence electrons. The van der Waals surface area contributed by atoms with Crippen molar-refractivity contribution in [3.8, 4) is 0 Å². The number of methoxy groups -OCH3 is 1. The third-order valence-corrected chi connectivity index (χ3v) is 2.39. The second-order valence-electron chi connectivity index (χ2n) is 2.85. The number of rotatable bonds is 2. The van der Waals surface area contributed by atoms with Crippen molar-refractivity contribution in [2.45, 2.75) is 6.92 Å². The van der Waals surface area contributed by atoms with Crippen LogP contribution in [0.25, 0.3) is 0 Å². The van der Waals surface area contributed by atoms with Crippen LogP contribution in [0.1, 0.15) is 26.4 Å². The predicted octanol–water partition coefficient (Wildman–Crippen LogP) is 1.04. The first-order valence-corrected chi connectivity index (χ1v) is 4.82. The number of carbonyl (C=O) groups excluding carboxylic acids is 2. The lowest BCUT2D eigenvalue weighted by Crippen LogP contribution is -2.16. The third kappa shape index (κ3) is 2.33. The number of nitrogens with zero attached hydrogens (tertiary/aromatic N) is 1. The highest BCUT2D eigenvalue weighted by Gasteiger charge is 2.17. The Labute approximate surface area is 94.8 Å². The van der Waals surface area contributed by atoms with E-state index >= 15 is 0 Å². The van der Waals surface area contributed by atoms with Gasteiger partial charge in [-0.05, 0) is 34.5 Å². The molecule has 0 aliphatic carbocycles. The first kappa shape index (κ1) is 11.6. The molecule has 1 aromatic heterocycles. The highest BCUT2D eigenvalue weighted by molar-refractivity contribution is 9.10. The Kier molecular flexibility index (Phi) is 3.41. The zero-order valence-electron chi connectivity index (χ0n) is 8.20. The van der Waals surface area contributed by atoms with E-state index in [1.165, 1.54) is 13.2 Å². The van der Waals surface area contributed by atoms with Crippen LogP contribution in [-0.4, -0.2) is 24.0 Å². The number of primary amides is 1. The summed E-state index contributed by atoms with van der Waals surface area (Å²) in [5.41, 5.74) is 6.05. The van der Waals surface area contributed by atoms with Crippen LogP contribution >= 0.6 is 15.9 Å². The van der Waals surface area contributed by atoms with E-state index in [9.17, 15) is 9.59 Å². The lowest BCUT2D eigenvalue weighted by molar-refractivity contribution is 0.0597. The molecule has 0 atom stereocenters. The second-order valence-corrected chi connectivity index (χ2v) is 3.60. The minimum atomic E-state index is -0.643. The van der Waals surface area contributed by atoms with Crippen LogP contribution in [0.15, 0.2) is 10.7 Å². The van der Waals surface area contributed by atoms with Crippen molar-refractivity contribution in [1.29, 1.82) is 0 Å². The lowest BCUT2D eigenvalue weighted by Gasteiger charge is -2.06. The zero-order valence-corrected chi connectivity index (χ0v) is 9.79. The molecule has 0 radical (unpaired) electrons. The van der Waals surface area contributed by atoms with Gasteiger partial charge in [-0.3, -0.25) is 4.79 Å². The van der Waals surface area contributed by atoms with Crippen molar-refractivity contribution in [1.82, 2.24) is 4.98 Å². The Morgan fingerprint density at radius 2 is 2.13 bits per heavy atom. The number of carbonyl (C=O) groups is 2. The number of esters is 1. The van der Waals surface area contributed by atoms with Gasteiger partial charge in [-0.2, -0.15) is 0 Å². The molecule has 0 saturated heterocycles. The molecule has 0 aliphatic rings. The topological polar surface area (TPSA) is 82.3 Å². The van der Waals surface area contributed by atoms with Crippen LogP contribution < -0.4 is 5.73 Å². The molecule has 5 nitrogen and oxygen atoms in total. The average molecular weight is 273 g/mol. The van der Waals surface area contributed by atoms with Crippen LogP contribution in [0.2, 0.25) is 0 Å². The molecule has 1 amide bonds. The van der Waals surface area contributed by atoms with Gasteiger partial charge in [0.1, 0.15) is 10.3 Å². The van der Waals surface area contributed by atoms with E-state index in [1.807, 2.05) is 0 Å². The van der Waals surface area contributed by atoms with Crippen molar-refractivity contribution in [2.24, 2.45) is 5.73 Å². The number of aromatic nitrogens is 1. The molecule has 0 spiro atoms. The molecule has 15 heavy (non-hydrogen) atoms. The van der Waals surface area contributed by atoms with Gasteiger partial charge >= 0.3 is 5.97 Å². The molecule has 1 heterocycles. The number of ether oxygens (including phenoxy) is 1.